The monoisotopic (exact) mass is 431 g/mol. The van der Waals surface area contributed by atoms with Gasteiger partial charge in [-0.05, 0) is 45.0 Å². The third-order valence-electron chi connectivity index (χ3n) is 4.36. The van der Waals surface area contributed by atoms with E-state index < -0.39 is 5.91 Å². The minimum atomic E-state index is -0.418. The van der Waals surface area contributed by atoms with Gasteiger partial charge in [0.05, 0.1) is 28.9 Å². The van der Waals surface area contributed by atoms with Crippen molar-refractivity contribution in [2.45, 2.75) is 26.9 Å². The molecule has 10 heteroatoms. The summed E-state index contributed by atoms with van der Waals surface area (Å²) in [5.41, 5.74) is 8.35. The first-order valence-electron chi connectivity index (χ1n) is 9.12. The maximum absolute atomic E-state index is 12.7. The molecular formula is C20H22ClN5O4. The Balaban J connectivity index is 0.00000256. The maximum atomic E-state index is 12.7. The first kappa shape index (κ1) is 21.3. The Morgan fingerprint density at radius 1 is 1.20 bits per heavy atom. The molecule has 0 radical (unpaired) electrons. The van der Waals surface area contributed by atoms with Gasteiger partial charge in [0.2, 0.25) is 6.79 Å². The van der Waals surface area contributed by atoms with E-state index in [2.05, 4.69) is 15.6 Å². The van der Waals surface area contributed by atoms with E-state index >= 15 is 0 Å². The fraction of sp³-hybridized carbons (Fsp3) is 0.250. The van der Waals surface area contributed by atoms with Gasteiger partial charge in [0.1, 0.15) is 5.75 Å². The molecule has 0 unspecified atom stereocenters. The molecule has 0 spiro atoms. The summed E-state index contributed by atoms with van der Waals surface area (Å²) in [6.45, 7) is 5.83. The standard InChI is InChI=1S/C20H21N5O4.ClH/c1-11(2)29-14-6-4-13(5-7-14)25-12(3)19(23-24-25)20(26)22-16-9-18-17(8-15(16)21)27-10-28-18;/h4-9,11H,10,21H2,1-3H3,(H,22,26);1H. The Hall–Kier alpha value is -3.46. The zero-order valence-electron chi connectivity index (χ0n) is 16.7. The lowest BCUT2D eigenvalue weighted by Crippen LogP contribution is -2.15. The molecule has 0 bridgehead atoms. The summed E-state index contributed by atoms with van der Waals surface area (Å²) in [6, 6.07) is 10.7. The van der Waals surface area contributed by atoms with E-state index in [1.54, 1.807) is 23.7 Å². The minimum Gasteiger partial charge on any atom is -0.491 e. The molecule has 0 fully saturated rings. The highest BCUT2D eigenvalue weighted by Gasteiger charge is 2.21. The normalized spacial score (nSPS) is 11.9. The van der Waals surface area contributed by atoms with Crippen molar-refractivity contribution in [1.29, 1.82) is 0 Å². The average molecular weight is 432 g/mol. The zero-order valence-corrected chi connectivity index (χ0v) is 17.5. The number of nitrogens with two attached hydrogens (primary N) is 1. The van der Waals surface area contributed by atoms with Gasteiger partial charge in [0, 0.05) is 12.1 Å². The molecule has 2 aromatic carbocycles. The number of nitrogens with zero attached hydrogens (tertiary/aromatic N) is 3. The summed E-state index contributed by atoms with van der Waals surface area (Å²) in [6.07, 6.45) is 0.0906. The topological polar surface area (TPSA) is 114 Å². The van der Waals surface area contributed by atoms with Gasteiger partial charge in [-0.2, -0.15) is 0 Å². The number of hydrogen-bond donors (Lipinski definition) is 2. The SMILES string of the molecule is Cc1c(C(=O)Nc2cc3c(cc2N)OCO3)nnn1-c1ccc(OC(C)C)cc1.Cl. The quantitative estimate of drug-likeness (QED) is 0.595. The van der Waals surface area contributed by atoms with Crippen LogP contribution in [0.5, 0.6) is 17.2 Å². The second-order valence-electron chi connectivity index (χ2n) is 6.84. The number of aromatic nitrogens is 3. The van der Waals surface area contributed by atoms with Crippen molar-refractivity contribution in [2.24, 2.45) is 0 Å². The Kier molecular flexibility index (Phi) is 6.02. The number of benzene rings is 2. The Labute approximate surface area is 179 Å². The smallest absolute Gasteiger partial charge is 0.278 e. The molecule has 4 rings (SSSR count). The molecule has 0 atom stereocenters. The molecule has 0 aliphatic carbocycles. The molecule has 0 saturated heterocycles. The zero-order chi connectivity index (χ0) is 20.5. The average Bonchev–Trinajstić information content (AvgIpc) is 3.28. The van der Waals surface area contributed by atoms with Crippen molar-refractivity contribution in [1.82, 2.24) is 15.0 Å². The van der Waals surface area contributed by atoms with Gasteiger partial charge in [-0.15, -0.1) is 17.5 Å². The number of anilines is 2. The molecule has 158 valence electrons. The van der Waals surface area contributed by atoms with Gasteiger partial charge < -0.3 is 25.3 Å². The van der Waals surface area contributed by atoms with Gasteiger partial charge >= 0.3 is 0 Å². The van der Waals surface area contributed by atoms with Crippen LogP contribution >= 0.6 is 12.4 Å². The second-order valence-corrected chi connectivity index (χ2v) is 6.84. The number of hydrogen-bond acceptors (Lipinski definition) is 7. The van der Waals surface area contributed by atoms with E-state index in [4.69, 9.17) is 19.9 Å². The number of carbonyl (C=O) groups excluding carboxylic acids is 1. The highest BCUT2D eigenvalue weighted by Crippen LogP contribution is 2.38. The van der Waals surface area contributed by atoms with Crippen LogP contribution in [0.25, 0.3) is 5.69 Å². The summed E-state index contributed by atoms with van der Waals surface area (Å²) in [7, 11) is 0. The van der Waals surface area contributed by atoms with Crippen molar-refractivity contribution >= 4 is 29.7 Å². The van der Waals surface area contributed by atoms with Crippen LogP contribution in [0.4, 0.5) is 11.4 Å². The molecule has 3 aromatic rings. The van der Waals surface area contributed by atoms with Crippen molar-refractivity contribution in [3.8, 4) is 22.9 Å². The summed E-state index contributed by atoms with van der Waals surface area (Å²) in [5, 5.41) is 10.9. The third kappa shape index (κ3) is 4.11. The van der Waals surface area contributed by atoms with Crippen LogP contribution in [0.2, 0.25) is 0 Å². The lowest BCUT2D eigenvalue weighted by molar-refractivity contribution is 0.102. The summed E-state index contributed by atoms with van der Waals surface area (Å²) in [5.74, 6) is 1.42. The van der Waals surface area contributed by atoms with Crippen molar-refractivity contribution in [3.05, 3.63) is 47.8 Å². The molecule has 9 nitrogen and oxygen atoms in total. The third-order valence-corrected chi connectivity index (χ3v) is 4.36. The predicted octanol–water partition coefficient (Wildman–Crippen LogP) is 3.35. The van der Waals surface area contributed by atoms with E-state index in [9.17, 15) is 4.79 Å². The molecule has 2 heterocycles. The molecule has 1 aromatic heterocycles. The van der Waals surface area contributed by atoms with Gasteiger partial charge in [0.25, 0.3) is 5.91 Å². The summed E-state index contributed by atoms with van der Waals surface area (Å²) >= 11 is 0. The number of rotatable bonds is 5. The summed E-state index contributed by atoms with van der Waals surface area (Å²) in [4.78, 5) is 12.7. The van der Waals surface area contributed by atoms with Crippen LogP contribution in [0, 0.1) is 6.92 Å². The number of halogens is 1. The van der Waals surface area contributed by atoms with E-state index in [0.29, 0.717) is 28.6 Å². The van der Waals surface area contributed by atoms with Gasteiger partial charge in [-0.25, -0.2) is 4.68 Å². The maximum Gasteiger partial charge on any atom is 0.278 e. The van der Waals surface area contributed by atoms with E-state index in [1.165, 1.54) is 0 Å². The van der Waals surface area contributed by atoms with Gasteiger partial charge in [-0.1, -0.05) is 5.21 Å². The molecular weight excluding hydrogens is 410 g/mol. The molecule has 1 aliphatic rings. The molecule has 3 N–H and O–H groups in total. The minimum absolute atomic E-state index is 0. The van der Waals surface area contributed by atoms with Crippen LogP contribution in [0.1, 0.15) is 30.0 Å². The van der Waals surface area contributed by atoms with Crippen LogP contribution in [0.3, 0.4) is 0 Å². The Morgan fingerprint density at radius 3 is 2.53 bits per heavy atom. The lowest BCUT2D eigenvalue weighted by atomic mass is 10.2. The van der Waals surface area contributed by atoms with E-state index in [1.807, 2.05) is 38.1 Å². The molecule has 1 aliphatic heterocycles. The van der Waals surface area contributed by atoms with Gasteiger partial charge in [0.15, 0.2) is 17.2 Å². The van der Waals surface area contributed by atoms with Crippen molar-refractivity contribution in [2.75, 3.05) is 17.8 Å². The number of amides is 1. The van der Waals surface area contributed by atoms with E-state index in [-0.39, 0.29) is 31.0 Å². The molecule has 1 amide bonds. The first-order valence-corrected chi connectivity index (χ1v) is 9.12. The first-order chi connectivity index (χ1) is 13.9. The lowest BCUT2D eigenvalue weighted by Gasteiger charge is -2.10. The van der Waals surface area contributed by atoms with Crippen LogP contribution in [-0.2, 0) is 0 Å². The van der Waals surface area contributed by atoms with Gasteiger partial charge in [-0.3, -0.25) is 4.79 Å². The second kappa shape index (κ2) is 8.50. The number of fused-ring (bicyclic) bond motifs is 1. The Morgan fingerprint density at radius 2 is 1.87 bits per heavy atom. The summed E-state index contributed by atoms with van der Waals surface area (Å²) < 4.78 is 17.8. The number of nitrogens with one attached hydrogen (secondary N) is 1. The number of carbonyl (C=O) groups is 1. The predicted molar refractivity (Wildman–Crippen MR) is 114 cm³/mol. The van der Waals surface area contributed by atoms with Crippen LogP contribution in [0.15, 0.2) is 36.4 Å². The van der Waals surface area contributed by atoms with Crippen LogP contribution in [-0.4, -0.2) is 33.8 Å². The number of nitrogen functional groups attached to an aromatic ring is 1. The highest BCUT2D eigenvalue weighted by molar-refractivity contribution is 6.05. The fourth-order valence-corrected chi connectivity index (χ4v) is 2.97. The largest absolute Gasteiger partial charge is 0.491 e. The van der Waals surface area contributed by atoms with Crippen LogP contribution < -0.4 is 25.3 Å². The number of ether oxygens (including phenoxy) is 3. The Bertz CT molecular complexity index is 1070. The van der Waals surface area contributed by atoms with Crippen molar-refractivity contribution < 1.29 is 19.0 Å². The van der Waals surface area contributed by atoms with Crippen molar-refractivity contribution in [3.63, 3.8) is 0 Å². The molecule has 0 saturated carbocycles. The van der Waals surface area contributed by atoms with E-state index in [0.717, 1.165) is 11.4 Å². The highest BCUT2D eigenvalue weighted by atomic mass is 35.5. The fourth-order valence-electron chi connectivity index (χ4n) is 2.97. The molecule has 30 heavy (non-hydrogen) atoms.